The van der Waals surface area contributed by atoms with Gasteiger partial charge >= 0.3 is 0 Å². The van der Waals surface area contributed by atoms with E-state index < -0.39 is 6.10 Å². The fourth-order valence-electron chi connectivity index (χ4n) is 2.33. The van der Waals surface area contributed by atoms with E-state index in [1.165, 1.54) is 0 Å². The van der Waals surface area contributed by atoms with Gasteiger partial charge in [-0.15, -0.1) is 0 Å². The molecule has 0 saturated carbocycles. The first-order valence-electron chi connectivity index (χ1n) is 7.54. The third kappa shape index (κ3) is 4.56. The van der Waals surface area contributed by atoms with Crippen molar-refractivity contribution in [3.63, 3.8) is 0 Å². The van der Waals surface area contributed by atoms with E-state index >= 15 is 0 Å². The van der Waals surface area contributed by atoms with Crippen LogP contribution in [-0.4, -0.2) is 42.9 Å². The summed E-state index contributed by atoms with van der Waals surface area (Å²) >= 11 is 0. The second kappa shape index (κ2) is 8.47. The molecule has 0 radical (unpaired) electrons. The van der Waals surface area contributed by atoms with E-state index in [1.807, 2.05) is 13.0 Å². The maximum Gasteiger partial charge on any atom is 0.156 e. The van der Waals surface area contributed by atoms with Crippen molar-refractivity contribution in [1.29, 1.82) is 0 Å². The number of rotatable bonds is 8. The topological polar surface area (TPSA) is 85.7 Å². The molecule has 2 aromatic rings. The Bertz CT molecular complexity index is 679. The predicted octanol–water partition coefficient (Wildman–Crippen LogP) is 2.09. The Morgan fingerprint density at radius 3 is 2.58 bits per heavy atom. The molecule has 0 fully saturated rings. The Kier molecular flexibility index (Phi) is 6.34. The van der Waals surface area contributed by atoms with Gasteiger partial charge in [0.2, 0.25) is 0 Å². The minimum absolute atomic E-state index is 0.270. The van der Waals surface area contributed by atoms with Crippen molar-refractivity contribution in [3.8, 4) is 11.5 Å². The number of nitrogens with zero attached hydrogens (tertiary/aromatic N) is 2. The summed E-state index contributed by atoms with van der Waals surface area (Å²) in [5.41, 5.74) is 1.47. The van der Waals surface area contributed by atoms with Gasteiger partial charge in [-0.2, -0.15) is 0 Å². The number of aliphatic hydroxyl groups excluding tert-OH is 1. The van der Waals surface area contributed by atoms with Crippen molar-refractivity contribution in [2.75, 3.05) is 33.2 Å². The molecule has 0 aliphatic rings. The molecule has 1 heterocycles. The number of ether oxygens (including phenoxy) is 3. The van der Waals surface area contributed by atoms with Crippen LogP contribution in [0.3, 0.4) is 0 Å². The van der Waals surface area contributed by atoms with Crippen LogP contribution in [0.15, 0.2) is 24.3 Å². The highest BCUT2D eigenvalue weighted by Crippen LogP contribution is 2.29. The molecule has 2 rings (SSSR count). The molecule has 0 spiro atoms. The smallest absolute Gasteiger partial charge is 0.156 e. The molecule has 7 heteroatoms. The van der Waals surface area contributed by atoms with Crippen molar-refractivity contribution in [1.82, 2.24) is 9.97 Å². The summed E-state index contributed by atoms with van der Waals surface area (Å²) in [5.74, 6) is 2.48. The number of benzene rings is 1. The number of aromatic nitrogens is 2. The van der Waals surface area contributed by atoms with Crippen LogP contribution in [0.5, 0.6) is 11.5 Å². The van der Waals surface area contributed by atoms with Gasteiger partial charge in [0.05, 0.1) is 20.3 Å². The molecule has 7 nitrogen and oxygen atoms in total. The normalized spacial score (nSPS) is 11.9. The van der Waals surface area contributed by atoms with Crippen LogP contribution in [0.25, 0.3) is 0 Å². The molecular formula is C17H23N3O4. The Hall–Kier alpha value is -2.38. The lowest BCUT2D eigenvalue weighted by molar-refractivity contribution is 0.177. The molecule has 0 bridgehead atoms. The minimum Gasteiger partial charge on any atom is -0.497 e. The first kappa shape index (κ1) is 18.0. The molecule has 130 valence electrons. The zero-order valence-electron chi connectivity index (χ0n) is 14.4. The predicted molar refractivity (Wildman–Crippen MR) is 90.5 cm³/mol. The Balaban J connectivity index is 2.12. The summed E-state index contributed by atoms with van der Waals surface area (Å²) < 4.78 is 15.6. The standard InChI is InChI=1S/C17H23N3O4/c1-11-7-16(20-17(19-11)10-22-2)18-9-14(21)13-8-12(23-3)5-6-15(13)24-4/h5-8,14,21H,9-10H2,1-4H3,(H,18,19,20)/t14-/m0/s1. The number of aryl methyl sites for hydroxylation is 1. The lowest BCUT2D eigenvalue weighted by atomic mass is 10.1. The molecule has 24 heavy (non-hydrogen) atoms. The second-order valence-electron chi connectivity index (χ2n) is 5.25. The van der Waals surface area contributed by atoms with Crippen LogP contribution in [0.2, 0.25) is 0 Å². The average Bonchev–Trinajstić information content (AvgIpc) is 2.59. The van der Waals surface area contributed by atoms with E-state index in [0.717, 1.165) is 5.69 Å². The van der Waals surface area contributed by atoms with Crippen LogP contribution >= 0.6 is 0 Å². The third-order valence-electron chi connectivity index (χ3n) is 3.45. The largest absolute Gasteiger partial charge is 0.497 e. The molecule has 0 aliphatic carbocycles. The maximum atomic E-state index is 10.5. The summed E-state index contributed by atoms with van der Waals surface area (Å²) in [4.78, 5) is 8.63. The van der Waals surface area contributed by atoms with E-state index in [1.54, 1.807) is 39.5 Å². The highest BCUT2D eigenvalue weighted by molar-refractivity contribution is 5.43. The van der Waals surface area contributed by atoms with Crippen LogP contribution in [-0.2, 0) is 11.3 Å². The quantitative estimate of drug-likeness (QED) is 0.765. The highest BCUT2D eigenvalue weighted by atomic mass is 16.5. The number of aliphatic hydroxyl groups is 1. The highest BCUT2D eigenvalue weighted by Gasteiger charge is 2.15. The van der Waals surface area contributed by atoms with E-state index in [-0.39, 0.29) is 6.54 Å². The summed E-state index contributed by atoms with van der Waals surface area (Å²) in [6.07, 6.45) is -0.781. The third-order valence-corrected chi connectivity index (χ3v) is 3.45. The Morgan fingerprint density at radius 1 is 1.12 bits per heavy atom. The molecule has 0 aliphatic heterocycles. The van der Waals surface area contributed by atoms with Crippen LogP contribution in [0.1, 0.15) is 23.2 Å². The van der Waals surface area contributed by atoms with Gasteiger partial charge in [-0.3, -0.25) is 0 Å². The number of hydrogen-bond acceptors (Lipinski definition) is 7. The van der Waals surface area contributed by atoms with Crippen molar-refractivity contribution in [2.24, 2.45) is 0 Å². The summed E-state index contributed by atoms with van der Waals surface area (Å²) in [6.45, 7) is 2.49. The van der Waals surface area contributed by atoms with Crippen molar-refractivity contribution in [3.05, 3.63) is 41.3 Å². The number of anilines is 1. The van der Waals surface area contributed by atoms with Gasteiger partial charge < -0.3 is 24.6 Å². The molecular weight excluding hydrogens is 310 g/mol. The van der Waals surface area contributed by atoms with Gasteiger partial charge in [0.1, 0.15) is 23.9 Å². The Labute approximate surface area is 141 Å². The number of hydrogen-bond donors (Lipinski definition) is 2. The molecule has 2 N–H and O–H groups in total. The first-order chi connectivity index (χ1) is 11.6. The fraction of sp³-hybridized carbons (Fsp3) is 0.412. The fourth-order valence-corrected chi connectivity index (χ4v) is 2.33. The van der Waals surface area contributed by atoms with E-state index in [2.05, 4.69) is 15.3 Å². The van der Waals surface area contributed by atoms with Gasteiger partial charge in [0.25, 0.3) is 0 Å². The number of nitrogens with one attached hydrogen (secondary N) is 1. The first-order valence-corrected chi connectivity index (χ1v) is 7.54. The van der Waals surface area contributed by atoms with Gasteiger partial charge in [0.15, 0.2) is 5.82 Å². The zero-order chi connectivity index (χ0) is 17.5. The SMILES string of the molecule is COCc1nc(C)cc(NC[C@H](O)c2cc(OC)ccc2OC)n1. The van der Waals surface area contributed by atoms with Gasteiger partial charge in [-0.05, 0) is 25.1 Å². The van der Waals surface area contributed by atoms with Crippen molar-refractivity contribution < 1.29 is 19.3 Å². The van der Waals surface area contributed by atoms with Crippen LogP contribution in [0, 0.1) is 6.92 Å². The Morgan fingerprint density at radius 2 is 1.92 bits per heavy atom. The summed E-state index contributed by atoms with van der Waals surface area (Å²) in [6, 6.07) is 7.12. The zero-order valence-corrected chi connectivity index (χ0v) is 14.4. The van der Waals surface area contributed by atoms with Gasteiger partial charge in [0, 0.05) is 31.0 Å². The average molecular weight is 333 g/mol. The van der Waals surface area contributed by atoms with Gasteiger partial charge in [-0.1, -0.05) is 0 Å². The van der Waals surface area contributed by atoms with Crippen LogP contribution in [0.4, 0.5) is 5.82 Å². The van der Waals surface area contributed by atoms with Gasteiger partial charge in [-0.25, -0.2) is 9.97 Å². The number of methoxy groups -OCH3 is 3. The van der Waals surface area contributed by atoms with Crippen molar-refractivity contribution in [2.45, 2.75) is 19.6 Å². The van der Waals surface area contributed by atoms with Crippen molar-refractivity contribution >= 4 is 5.82 Å². The van der Waals surface area contributed by atoms with E-state index in [9.17, 15) is 5.11 Å². The molecule has 1 aromatic carbocycles. The lowest BCUT2D eigenvalue weighted by Gasteiger charge is -2.17. The molecule has 0 saturated heterocycles. The lowest BCUT2D eigenvalue weighted by Crippen LogP contribution is -2.15. The minimum atomic E-state index is -0.781. The molecule has 0 unspecified atom stereocenters. The maximum absolute atomic E-state index is 10.5. The molecule has 0 amide bonds. The molecule has 1 atom stereocenters. The molecule has 1 aromatic heterocycles. The van der Waals surface area contributed by atoms with E-state index in [0.29, 0.717) is 35.3 Å². The van der Waals surface area contributed by atoms with E-state index in [4.69, 9.17) is 14.2 Å². The monoisotopic (exact) mass is 333 g/mol. The summed E-state index contributed by atoms with van der Waals surface area (Å²) in [5, 5.41) is 13.6. The van der Waals surface area contributed by atoms with Crippen LogP contribution < -0.4 is 14.8 Å². The second-order valence-corrected chi connectivity index (χ2v) is 5.25. The summed E-state index contributed by atoms with van der Waals surface area (Å²) in [7, 11) is 4.74.